The molecule has 1 aliphatic carbocycles. The van der Waals surface area contributed by atoms with Gasteiger partial charge in [-0.2, -0.15) is 0 Å². The Labute approximate surface area is 161 Å². The van der Waals surface area contributed by atoms with Gasteiger partial charge in [-0.1, -0.05) is 36.4 Å². The molecule has 6 nitrogen and oxygen atoms in total. The van der Waals surface area contributed by atoms with Gasteiger partial charge >= 0.3 is 5.97 Å². The predicted molar refractivity (Wildman–Crippen MR) is 102 cm³/mol. The van der Waals surface area contributed by atoms with Crippen molar-refractivity contribution < 1.29 is 18.2 Å². The van der Waals surface area contributed by atoms with Crippen molar-refractivity contribution in [3.8, 4) is 16.9 Å². The molecule has 8 heteroatoms. The molecule has 0 bridgehead atoms. The van der Waals surface area contributed by atoms with Crippen molar-refractivity contribution in [2.45, 2.75) is 18.8 Å². The molecule has 0 atom stereocenters. The lowest BCUT2D eigenvalue weighted by Crippen LogP contribution is -2.32. The summed E-state index contributed by atoms with van der Waals surface area (Å²) in [4.78, 5) is 11.7. The Kier molecular flexibility index (Phi) is 5.88. The van der Waals surface area contributed by atoms with Crippen LogP contribution < -0.4 is 16.3 Å². The second-order valence-corrected chi connectivity index (χ2v) is 6.65. The largest absolute Gasteiger partial charge is 0.464 e. The van der Waals surface area contributed by atoms with Crippen LogP contribution in [0.25, 0.3) is 11.1 Å². The number of carbonyl (C=O) groups is 1. The maximum Gasteiger partial charge on any atom is 0.362 e. The van der Waals surface area contributed by atoms with Crippen LogP contribution in [0, 0.1) is 0 Å². The number of rotatable bonds is 7. The molecule has 0 spiro atoms. The number of hydrogen-bond acceptors (Lipinski definition) is 7. The van der Waals surface area contributed by atoms with Crippen molar-refractivity contribution in [2.75, 3.05) is 7.11 Å². The van der Waals surface area contributed by atoms with Crippen molar-refractivity contribution in [3.05, 3.63) is 65.7 Å². The van der Waals surface area contributed by atoms with Gasteiger partial charge in [-0.05, 0) is 47.6 Å². The molecule has 0 unspecified atom stereocenters. The highest BCUT2D eigenvalue weighted by Crippen LogP contribution is 2.40. The summed E-state index contributed by atoms with van der Waals surface area (Å²) in [7, 11) is 1.13. The zero-order valence-corrected chi connectivity index (χ0v) is 15.5. The molecule has 27 heavy (non-hydrogen) atoms. The van der Waals surface area contributed by atoms with E-state index in [-0.39, 0.29) is 18.2 Å². The van der Waals surface area contributed by atoms with E-state index in [2.05, 4.69) is 29.0 Å². The molecule has 0 heterocycles. The second-order valence-electron chi connectivity index (χ2n) is 6.12. The summed E-state index contributed by atoms with van der Waals surface area (Å²) in [6, 6.07) is 15.7. The highest BCUT2D eigenvalue weighted by atomic mass is 32.2. The molecular weight excluding hydrogens is 369 g/mol. The van der Waals surface area contributed by atoms with Gasteiger partial charge in [0, 0.05) is 0 Å². The summed E-state index contributed by atoms with van der Waals surface area (Å²) in [5.41, 5.74) is 8.81. The molecule has 1 saturated carbocycles. The van der Waals surface area contributed by atoms with Crippen LogP contribution in [-0.2, 0) is 9.53 Å². The van der Waals surface area contributed by atoms with Gasteiger partial charge in [-0.15, -0.1) is 3.89 Å². The average molecular weight is 389 g/mol. The van der Waals surface area contributed by atoms with Gasteiger partial charge in [0.25, 0.3) is 0 Å². The fourth-order valence-electron chi connectivity index (χ4n) is 2.69. The highest BCUT2D eigenvalue weighted by Gasteiger charge is 2.24. The third-order valence-corrected chi connectivity index (χ3v) is 4.61. The number of nitrogens with zero attached hydrogens (tertiary/aromatic N) is 1. The first-order valence-electron chi connectivity index (χ1n) is 8.33. The van der Waals surface area contributed by atoms with E-state index in [1.54, 1.807) is 12.1 Å². The number of benzene rings is 2. The van der Waals surface area contributed by atoms with E-state index in [1.807, 2.05) is 12.1 Å². The first-order valence-corrected chi connectivity index (χ1v) is 9.00. The Morgan fingerprint density at radius 3 is 2.15 bits per heavy atom. The number of methoxy groups -OCH3 is 1. The van der Waals surface area contributed by atoms with Crippen LogP contribution in [0.1, 0.15) is 24.3 Å². The van der Waals surface area contributed by atoms with E-state index in [1.165, 1.54) is 18.4 Å². The standard InChI is InChI=1S/C19H20FN3O3S/c1-25-19(24)17(23(22)27-20)18(21)26-16-10-8-15(9-11-16)14-6-4-13(5-7-14)12-2-3-12/h4-12H,2-3,21-22H2,1H3/b18-17+. The number of esters is 1. The lowest BCUT2D eigenvalue weighted by Gasteiger charge is -2.16. The quantitative estimate of drug-likeness (QED) is 0.187. The van der Waals surface area contributed by atoms with E-state index < -0.39 is 11.7 Å². The molecule has 0 aromatic heterocycles. The molecule has 142 valence electrons. The van der Waals surface area contributed by atoms with Crippen LogP contribution in [0.4, 0.5) is 3.89 Å². The number of halogens is 1. The summed E-state index contributed by atoms with van der Waals surface area (Å²) in [6.07, 6.45) is 2.55. The summed E-state index contributed by atoms with van der Waals surface area (Å²) in [5.74, 6) is 5.21. The maximum absolute atomic E-state index is 12.7. The van der Waals surface area contributed by atoms with Gasteiger partial charge in [-0.25, -0.2) is 15.1 Å². The average Bonchev–Trinajstić information content (AvgIpc) is 3.54. The molecule has 3 rings (SSSR count). The third-order valence-electron chi connectivity index (χ3n) is 4.28. The van der Waals surface area contributed by atoms with Crippen molar-refractivity contribution in [1.82, 2.24) is 4.41 Å². The topological polar surface area (TPSA) is 90.8 Å². The van der Waals surface area contributed by atoms with Crippen LogP contribution >= 0.6 is 12.3 Å². The first kappa shape index (κ1) is 19.1. The Hall–Kier alpha value is -2.71. The summed E-state index contributed by atoms with van der Waals surface area (Å²) >= 11 is -0.385. The number of nitrogens with two attached hydrogens (primary N) is 2. The molecule has 0 aliphatic heterocycles. The zero-order valence-electron chi connectivity index (χ0n) is 14.7. The Balaban J connectivity index is 1.76. The minimum atomic E-state index is -0.910. The van der Waals surface area contributed by atoms with Gasteiger partial charge < -0.3 is 15.2 Å². The minimum Gasteiger partial charge on any atom is -0.464 e. The number of hydrazine groups is 1. The monoisotopic (exact) mass is 389 g/mol. The molecule has 2 aromatic carbocycles. The van der Waals surface area contributed by atoms with Crippen LogP contribution in [0.2, 0.25) is 0 Å². The van der Waals surface area contributed by atoms with E-state index in [0.717, 1.165) is 24.2 Å². The van der Waals surface area contributed by atoms with Gasteiger partial charge in [0.05, 0.1) is 7.11 Å². The number of ether oxygens (including phenoxy) is 2. The van der Waals surface area contributed by atoms with Gasteiger partial charge in [-0.3, -0.25) is 0 Å². The predicted octanol–water partition coefficient (Wildman–Crippen LogP) is 3.62. The summed E-state index contributed by atoms with van der Waals surface area (Å²) < 4.78 is 23.1. The van der Waals surface area contributed by atoms with E-state index >= 15 is 0 Å². The van der Waals surface area contributed by atoms with Crippen LogP contribution in [0.5, 0.6) is 5.75 Å². The van der Waals surface area contributed by atoms with E-state index in [4.69, 9.17) is 16.3 Å². The SMILES string of the molecule is COC(=O)/C(=C(/N)Oc1ccc(-c2ccc(C3CC3)cc2)cc1)N(N)SF. The van der Waals surface area contributed by atoms with Crippen LogP contribution in [0.15, 0.2) is 60.1 Å². The summed E-state index contributed by atoms with van der Waals surface area (Å²) in [5, 5.41) is 0. The Morgan fingerprint density at radius 2 is 1.67 bits per heavy atom. The minimum absolute atomic E-state index is 0.365. The molecule has 0 saturated heterocycles. The van der Waals surface area contributed by atoms with Crippen LogP contribution in [0.3, 0.4) is 0 Å². The number of hydrogen-bond donors (Lipinski definition) is 2. The molecular formula is C19H20FN3O3S. The molecule has 2 aromatic rings. The van der Waals surface area contributed by atoms with Crippen molar-refractivity contribution in [2.24, 2.45) is 11.6 Å². The molecule has 0 amide bonds. The van der Waals surface area contributed by atoms with Crippen molar-refractivity contribution in [1.29, 1.82) is 0 Å². The van der Waals surface area contributed by atoms with Gasteiger partial charge in [0.15, 0.2) is 12.3 Å². The lowest BCUT2D eigenvalue weighted by molar-refractivity contribution is -0.137. The highest BCUT2D eigenvalue weighted by molar-refractivity contribution is 7.92. The second kappa shape index (κ2) is 8.32. The fourth-order valence-corrected chi connectivity index (χ4v) is 2.92. The molecule has 1 aliphatic rings. The van der Waals surface area contributed by atoms with Gasteiger partial charge in [0.2, 0.25) is 11.6 Å². The normalized spacial score (nSPS) is 14.3. The number of carbonyl (C=O) groups excluding carboxylic acids is 1. The summed E-state index contributed by atoms with van der Waals surface area (Å²) in [6.45, 7) is 0. The van der Waals surface area contributed by atoms with Crippen LogP contribution in [-0.4, -0.2) is 17.5 Å². The molecule has 0 radical (unpaired) electrons. The molecule has 1 fully saturated rings. The van der Waals surface area contributed by atoms with Crippen molar-refractivity contribution >= 4 is 18.3 Å². The van der Waals surface area contributed by atoms with E-state index in [9.17, 15) is 8.68 Å². The maximum atomic E-state index is 12.7. The Bertz CT molecular complexity index is 836. The zero-order chi connectivity index (χ0) is 19.4. The van der Waals surface area contributed by atoms with E-state index in [0.29, 0.717) is 10.2 Å². The van der Waals surface area contributed by atoms with Gasteiger partial charge in [0.1, 0.15) is 5.75 Å². The van der Waals surface area contributed by atoms with Crippen molar-refractivity contribution in [3.63, 3.8) is 0 Å². The molecule has 4 N–H and O–H groups in total. The fraction of sp³-hybridized carbons (Fsp3) is 0.211. The Morgan fingerprint density at radius 1 is 1.11 bits per heavy atom. The lowest BCUT2D eigenvalue weighted by atomic mass is 10.0. The first-order chi connectivity index (χ1) is 13.0. The smallest absolute Gasteiger partial charge is 0.362 e. The third kappa shape index (κ3) is 4.53.